The molecule has 1 saturated carbocycles. The summed E-state index contributed by atoms with van der Waals surface area (Å²) in [6.07, 6.45) is 8.53. The zero-order valence-corrected chi connectivity index (χ0v) is 17.2. The van der Waals surface area contributed by atoms with Gasteiger partial charge in [-0.05, 0) is 56.0 Å². The number of halogens is 1. The van der Waals surface area contributed by atoms with Crippen LogP contribution in [-0.4, -0.2) is 32.6 Å². The molecule has 1 atom stereocenters. The minimum Gasteiger partial charge on any atom is -0.446 e. The summed E-state index contributed by atoms with van der Waals surface area (Å²) in [5.74, 6) is -0.991. The first kappa shape index (κ1) is 20.8. The monoisotopic (exact) mass is 425 g/mol. The Hall–Kier alpha value is -3.49. The molecule has 0 spiro atoms. The lowest BCUT2D eigenvalue weighted by Crippen LogP contribution is -2.38. The molecule has 162 valence electrons. The summed E-state index contributed by atoms with van der Waals surface area (Å²) in [5, 5.41) is 9.41. The lowest BCUT2D eigenvalue weighted by Gasteiger charge is -2.27. The van der Waals surface area contributed by atoms with Gasteiger partial charge in [0.1, 0.15) is 18.3 Å². The van der Waals surface area contributed by atoms with Crippen LogP contribution >= 0.6 is 0 Å². The lowest BCUT2D eigenvalue weighted by molar-refractivity contribution is 0.0886. The van der Waals surface area contributed by atoms with Gasteiger partial charge in [0.15, 0.2) is 17.3 Å². The first-order valence-electron chi connectivity index (χ1n) is 10.4. The highest BCUT2D eigenvalue weighted by atomic mass is 19.1. The topological polar surface area (TPSA) is 102 Å². The van der Waals surface area contributed by atoms with E-state index in [0.717, 1.165) is 12.8 Å². The van der Waals surface area contributed by atoms with E-state index in [1.165, 1.54) is 60.9 Å². The summed E-state index contributed by atoms with van der Waals surface area (Å²) in [6.45, 7) is 2.00. The zero-order chi connectivity index (χ0) is 21.8. The standard InChI is InChI=1S/C22H24FN5O3/c1-14(15-5-3-2-4-6-15)26-21(29)19-9-10-20(31-19)22(30)27-16-7-8-18(17(23)11-16)28-13-24-12-25-28/h7-15H,2-6H2,1H3,(H,26,29)(H,27,30)/t14-/m1/s1. The minimum absolute atomic E-state index is 0.0313. The molecule has 9 heteroatoms. The fourth-order valence-electron chi connectivity index (χ4n) is 3.91. The van der Waals surface area contributed by atoms with E-state index in [0.29, 0.717) is 5.92 Å². The molecule has 0 unspecified atom stereocenters. The second-order valence-electron chi connectivity index (χ2n) is 7.78. The average molecular weight is 425 g/mol. The molecule has 0 radical (unpaired) electrons. The van der Waals surface area contributed by atoms with Crippen molar-refractivity contribution in [2.75, 3.05) is 5.32 Å². The molecule has 3 aromatic rings. The number of hydrogen-bond acceptors (Lipinski definition) is 5. The number of nitrogens with one attached hydrogen (secondary N) is 2. The molecule has 0 aliphatic heterocycles. The molecule has 1 aromatic carbocycles. The van der Waals surface area contributed by atoms with E-state index in [-0.39, 0.29) is 34.8 Å². The number of carbonyl (C=O) groups excluding carboxylic acids is 2. The third-order valence-electron chi connectivity index (χ3n) is 5.64. The van der Waals surface area contributed by atoms with Crippen molar-refractivity contribution in [3.05, 3.63) is 60.3 Å². The van der Waals surface area contributed by atoms with Crippen molar-refractivity contribution < 1.29 is 18.4 Å². The molecule has 0 bridgehead atoms. The van der Waals surface area contributed by atoms with Crippen LogP contribution < -0.4 is 10.6 Å². The number of benzene rings is 1. The molecule has 1 fully saturated rings. The summed E-state index contributed by atoms with van der Waals surface area (Å²) in [4.78, 5) is 28.7. The number of furan rings is 1. The van der Waals surface area contributed by atoms with Crippen LogP contribution in [-0.2, 0) is 0 Å². The number of anilines is 1. The van der Waals surface area contributed by atoms with E-state index in [4.69, 9.17) is 4.42 Å². The maximum atomic E-state index is 14.3. The van der Waals surface area contributed by atoms with Gasteiger partial charge in [-0.2, -0.15) is 5.10 Å². The van der Waals surface area contributed by atoms with Gasteiger partial charge in [0, 0.05) is 11.7 Å². The third-order valence-corrected chi connectivity index (χ3v) is 5.64. The van der Waals surface area contributed by atoms with Gasteiger partial charge in [-0.25, -0.2) is 14.1 Å². The Morgan fingerprint density at radius 2 is 1.87 bits per heavy atom. The highest BCUT2D eigenvalue weighted by Gasteiger charge is 2.23. The first-order valence-corrected chi connectivity index (χ1v) is 10.4. The van der Waals surface area contributed by atoms with Crippen LogP contribution in [0.1, 0.15) is 60.1 Å². The summed E-state index contributed by atoms with van der Waals surface area (Å²) >= 11 is 0. The molecule has 1 aliphatic carbocycles. The van der Waals surface area contributed by atoms with Crippen LogP contribution in [0.5, 0.6) is 0 Å². The van der Waals surface area contributed by atoms with Crippen LogP contribution in [0.4, 0.5) is 10.1 Å². The number of hydrogen-bond donors (Lipinski definition) is 2. The summed E-state index contributed by atoms with van der Waals surface area (Å²) in [7, 11) is 0. The smallest absolute Gasteiger partial charge is 0.291 e. The Bertz CT molecular complexity index is 1060. The molecule has 0 saturated heterocycles. The second kappa shape index (κ2) is 9.11. The zero-order valence-electron chi connectivity index (χ0n) is 17.2. The van der Waals surface area contributed by atoms with Crippen molar-refractivity contribution in [2.45, 2.75) is 45.1 Å². The quantitative estimate of drug-likeness (QED) is 0.623. The molecule has 1 aliphatic rings. The Morgan fingerprint density at radius 1 is 1.13 bits per heavy atom. The largest absolute Gasteiger partial charge is 0.446 e. The molecule has 2 heterocycles. The molecular formula is C22H24FN5O3. The van der Waals surface area contributed by atoms with Crippen molar-refractivity contribution in [3.8, 4) is 5.69 Å². The van der Waals surface area contributed by atoms with E-state index < -0.39 is 11.7 Å². The average Bonchev–Trinajstić information content (AvgIpc) is 3.47. The summed E-state index contributed by atoms with van der Waals surface area (Å²) in [6, 6.07) is 7.13. The van der Waals surface area contributed by atoms with E-state index >= 15 is 0 Å². The van der Waals surface area contributed by atoms with E-state index in [2.05, 4.69) is 20.7 Å². The third kappa shape index (κ3) is 4.82. The Labute approximate surface area is 178 Å². The first-order chi connectivity index (χ1) is 15.0. The van der Waals surface area contributed by atoms with Crippen molar-refractivity contribution >= 4 is 17.5 Å². The summed E-state index contributed by atoms with van der Waals surface area (Å²) < 4.78 is 21.1. The normalized spacial score (nSPS) is 15.4. The number of carbonyl (C=O) groups is 2. The Morgan fingerprint density at radius 3 is 2.55 bits per heavy atom. The van der Waals surface area contributed by atoms with Crippen molar-refractivity contribution in [3.63, 3.8) is 0 Å². The van der Waals surface area contributed by atoms with Crippen LogP contribution in [0.2, 0.25) is 0 Å². The predicted molar refractivity (Wildman–Crippen MR) is 111 cm³/mol. The van der Waals surface area contributed by atoms with Gasteiger partial charge < -0.3 is 15.1 Å². The maximum absolute atomic E-state index is 14.3. The van der Waals surface area contributed by atoms with Crippen LogP contribution in [0.25, 0.3) is 5.69 Å². The van der Waals surface area contributed by atoms with E-state index in [1.807, 2.05) is 6.92 Å². The lowest BCUT2D eigenvalue weighted by atomic mass is 9.84. The van der Waals surface area contributed by atoms with Crippen molar-refractivity contribution in [1.29, 1.82) is 0 Å². The fraction of sp³-hybridized carbons (Fsp3) is 0.364. The van der Waals surface area contributed by atoms with Gasteiger partial charge in [0.05, 0.1) is 0 Å². The van der Waals surface area contributed by atoms with Gasteiger partial charge in [-0.15, -0.1) is 0 Å². The second-order valence-corrected chi connectivity index (χ2v) is 7.78. The number of aromatic nitrogens is 3. The predicted octanol–water partition coefficient (Wildman–Crippen LogP) is 3.95. The van der Waals surface area contributed by atoms with Gasteiger partial charge in [0.2, 0.25) is 0 Å². The molecule has 31 heavy (non-hydrogen) atoms. The van der Waals surface area contributed by atoms with Gasteiger partial charge in [-0.1, -0.05) is 19.3 Å². The molecule has 2 N–H and O–H groups in total. The van der Waals surface area contributed by atoms with Crippen LogP contribution in [0.3, 0.4) is 0 Å². The number of rotatable bonds is 6. The molecule has 8 nitrogen and oxygen atoms in total. The SMILES string of the molecule is C[C@@H](NC(=O)c1ccc(C(=O)Nc2ccc(-n3cncn3)c(F)c2)o1)C1CCCCC1. The number of nitrogens with zero attached hydrogens (tertiary/aromatic N) is 3. The van der Waals surface area contributed by atoms with Gasteiger partial charge in [-0.3, -0.25) is 9.59 Å². The van der Waals surface area contributed by atoms with E-state index in [9.17, 15) is 14.0 Å². The summed E-state index contributed by atoms with van der Waals surface area (Å²) in [5.41, 5.74) is 0.458. The molecule has 4 rings (SSSR count). The molecule has 2 amide bonds. The molecule has 2 aromatic heterocycles. The van der Waals surface area contributed by atoms with Crippen molar-refractivity contribution in [1.82, 2.24) is 20.1 Å². The number of amides is 2. The highest BCUT2D eigenvalue weighted by Crippen LogP contribution is 2.26. The van der Waals surface area contributed by atoms with Crippen molar-refractivity contribution in [2.24, 2.45) is 5.92 Å². The Kier molecular flexibility index (Phi) is 6.11. The fourth-order valence-corrected chi connectivity index (χ4v) is 3.91. The minimum atomic E-state index is -0.577. The van der Waals surface area contributed by atoms with Crippen LogP contribution in [0.15, 0.2) is 47.4 Å². The maximum Gasteiger partial charge on any atom is 0.291 e. The van der Waals surface area contributed by atoms with Gasteiger partial charge in [0.25, 0.3) is 11.8 Å². The highest BCUT2D eigenvalue weighted by molar-refractivity contribution is 6.03. The van der Waals surface area contributed by atoms with Gasteiger partial charge >= 0.3 is 0 Å². The Balaban J connectivity index is 1.38. The van der Waals surface area contributed by atoms with E-state index in [1.54, 1.807) is 6.07 Å². The van der Waals surface area contributed by atoms with Crippen LogP contribution in [0, 0.1) is 11.7 Å². The molecular weight excluding hydrogens is 401 g/mol.